The molecule has 20 atom stereocenters. The van der Waals surface area contributed by atoms with E-state index in [1.165, 1.54) is 6.42 Å². The fraction of sp³-hybridized carbons (Fsp3) is 0.820. The first-order chi connectivity index (χ1) is 31.0. The van der Waals surface area contributed by atoms with Gasteiger partial charge in [0.05, 0.1) is 55.4 Å². The van der Waals surface area contributed by atoms with E-state index in [2.05, 4.69) is 19.9 Å². The maximum absolute atomic E-state index is 14.5. The fourth-order valence-corrected chi connectivity index (χ4v) is 12.1. The minimum Gasteiger partial charge on any atom is -0.462 e. The topological polar surface area (TPSA) is 190 Å². The molecule has 2 aliphatic carbocycles. The summed E-state index contributed by atoms with van der Waals surface area (Å²) in [5.74, 6) is -2.95. The Morgan fingerprint density at radius 3 is 2.26 bits per heavy atom. The molecule has 2 unspecified atom stereocenters. The van der Waals surface area contributed by atoms with Crippen LogP contribution in [0.25, 0.3) is 0 Å². The average molecular weight is 917 g/mol. The Morgan fingerprint density at radius 2 is 1.52 bits per heavy atom. The highest BCUT2D eigenvalue weighted by Crippen LogP contribution is 2.49. The molecule has 1 saturated carbocycles. The lowest BCUT2D eigenvalue weighted by Gasteiger charge is -2.53. The quantitative estimate of drug-likeness (QED) is 0.195. The van der Waals surface area contributed by atoms with Gasteiger partial charge in [0.2, 0.25) is 0 Å². The number of hydrogen-bond acceptors (Lipinski definition) is 15. The Morgan fingerprint density at radius 1 is 0.815 bits per heavy atom. The van der Waals surface area contributed by atoms with Crippen LogP contribution in [-0.4, -0.2) is 151 Å². The van der Waals surface area contributed by atoms with Gasteiger partial charge in [0.1, 0.15) is 42.0 Å². The second-order valence-corrected chi connectivity index (χ2v) is 20.5. The largest absolute Gasteiger partial charge is 0.462 e. The van der Waals surface area contributed by atoms with Crippen molar-refractivity contribution >= 4 is 5.97 Å². The van der Waals surface area contributed by atoms with E-state index < -0.39 is 109 Å². The number of aliphatic hydroxyl groups excluding tert-OH is 3. The van der Waals surface area contributed by atoms with E-state index in [9.17, 15) is 25.2 Å². The first-order valence-corrected chi connectivity index (χ1v) is 24.4. The molecule has 2 bridgehead atoms. The summed E-state index contributed by atoms with van der Waals surface area (Å²) in [7, 11) is 3.21. The smallest absolute Gasteiger partial charge is 0.316 e. The van der Waals surface area contributed by atoms with Crippen LogP contribution in [0.2, 0.25) is 0 Å². The molecule has 15 nitrogen and oxygen atoms in total. The van der Waals surface area contributed by atoms with Gasteiger partial charge in [-0.2, -0.15) is 0 Å². The molecule has 15 heteroatoms. The fourth-order valence-electron chi connectivity index (χ4n) is 12.1. The van der Waals surface area contributed by atoms with Crippen molar-refractivity contribution in [2.24, 2.45) is 23.7 Å². The highest BCUT2D eigenvalue weighted by atomic mass is 16.7. The summed E-state index contributed by atoms with van der Waals surface area (Å²) < 4.78 is 64.1. The molecule has 0 aromatic rings. The van der Waals surface area contributed by atoms with Gasteiger partial charge >= 0.3 is 5.97 Å². The Kier molecular flexibility index (Phi) is 15.5. The maximum Gasteiger partial charge on any atom is 0.316 e. The molecule has 0 amide bonds. The molecular weight excluding hydrogens is 841 g/mol. The van der Waals surface area contributed by atoms with E-state index in [-0.39, 0.29) is 37.4 Å². The molecular formula is C50H76O15. The van der Waals surface area contributed by atoms with Gasteiger partial charge in [0.25, 0.3) is 0 Å². The van der Waals surface area contributed by atoms with Crippen LogP contribution in [0.4, 0.5) is 0 Å². The second-order valence-electron chi connectivity index (χ2n) is 20.5. The number of esters is 1. The number of carbonyl (C=O) groups is 1. The maximum atomic E-state index is 14.5. The van der Waals surface area contributed by atoms with Crippen molar-refractivity contribution < 1.29 is 72.6 Å². The second kappa shape index (κ2) is 20.5. The van der Waals surface area contributed by atoms with Crippen molar-refractivity contribution in [2.45, 2.75) is 215 Å². The predicted octanol–water partition coefficient (Wildman–Crippen LogP) is 5.11. The van der Waals surface area contributed by atoms with E-state index in [1.54, 1.807) is 40.2 Å². The molecule has 6 aliphatic heterocycles. The highest BCUT2D eigenvalue weighted by Gasteiger charge is 2.60. The number of methoxy groups -OCH3 is 2. The number of rotatable bonds is 7. The predicted molar refractivity (Wildman–Crippen MR) is 236 cm³/mol. The van der Waals surface area contributed by atoms with Crippen molar-refractivity contribution in [1.82, 2.24) is 0 Å². The lowest BCUT2D eigenvalue weighted by Crippen LogP contribution is -2.60. The lowest BCUT2D eigenvalue weighted by atomic mass is 9.71. The number of carbonyl (C=O) groups excluding carboxylic acids is 1. The zero-order valence-corrected chi connectivity index (χ0v) is 39.6. The number of fused-ring (bicyclic) bond motifs is 2. The number of allylic oxidation sites excluding steroid dienone is 2. The van der Waals surface area contributed by atoms with Crippen LogP contribution in [0.3, 0.4) is 0 Å². The van der Waals surface area contributed by atoms with E-state index in [0.717, 1.165) is 31.3 Å². The molecule has 8 aliphatic rings. The molecule has 8 rings (SSSR count). The monoisotopic (exact) mass is 917 g/mol. The van der Waals surface area contributed by atoms with Crippen LogP contribution in [0.5, 0.6) is 0 Å². The summed E-state index contributed by atoms with van der Waals surface area (Å²) in [6.07, 6.45) is 7.96. The van der Waals surface area contributed by atoms with Gasteiger partial charge in [-0.25, -0.2) is 0 Å². The molecule has 366 valence electrons. The summed E-state index contributed by atoms with van der Waals surface area (Å²) in [4.78, 5) is 14.5. The Labute approximate surface area is 384 Å². The van der Waals surface area contributed by atoms with Crippen LogP contribution in [0.15, 0.2) is 47.1 Å². The van der Waals surface area contributed by atoms with Crippen molar-refractivity contribution in [1.29, 1.82) is 0 Å². The van der Waals surface area contributed by atoms with Crippen molar-refractivity contribution in [3.05, 3.63) is 47.1 Å². The van der Waals surface area contributed by atoms with Crippen molar-refractivity contribution in [3.63, 3.8) is 0 Å². The normalized spacial score (nSPS) is 49.2. The SMILES string of the molecule is CO[C@H]1C[C@H](O[C@H]2[C@H](C)O[C@@H](O[C@@H]3/C(C)=C\C[C@@H]4C[C@@H](C[C@]5(CC(O)[C@H](C)C(C6CCCCC6)O5)O4)OC(=O)[C@@H]4C=C(C)[C@@H](O)[C@H]5OCC(=C/C=C\[C@@H]3C)[C@]54O)C[C@@H]2OC)O[C@@H](C)[C@@H]1O. The third-order valence-corrected chi connectivity index (χ3v) is 15.9. The Bertz CT molecular complexity index is 1780. The summed E-state index contributed by atoms with van der Waals surface area (Å²) >= 11 is 0. The molecule has 65 heavy (non-hydrogen) atoms. The molecule has 6 fully saturated rings. The van der Waals surface area contributed by atoms with Crippen LogP contribution in [0.1, 0.15) is 112 Å². The van der Waals surface area contributed by atoms with Crippen LogP contribution >= 0.6 is 0 Å². The molecule has 1 spiro atoms. The number of hydrogen-bond donors (Lipinski definition) is 4. The molecule has 0 aromatic carbocycles. The van der Waals surface area contributed by atoms with Gasteiger partial charge in [-0.3, -0.25) is 4.79 Å². The number of ether oxygens (including phenoxy) is 10. The van der Waals surface area contributed by atoms with Crippen LogP contribution in [0, 0.1) is 23.7 Å². The van der Waals surface area contributed by atoms with Gasteiger partial charge < -0.3 is 67.8 Å². The first-order valence-electron chi connectivity index (χ1n) is 24.4. The van der Waals surface area contributed by atoms with Gasteiger partial charge in [-0.1, -0.05) is 63.5 Å². The minimum atomic E-state index is -1.86. The summed E-state index contributed by atoms with van der Waals surface area (Å²) in [6, 6.07) is 0. The first kappa shape index (κ1) is 49.3. The molecule has 4 N–H and O–H groups in total. The van der Waals surface area contributed by atoms with Crippen LogP contribution < -0.4 is 0 Å². The lowest BCUT2D eigenvalue weighted by molar-refractivity contribution is -0.355. The van der Waals surface area contributed by atoms with Gasteiger partial charge in [0.15, 0.2) is 18.4 Å². The minimum absolute atomic E-state index is 0.0165. The van der Waals surface area contributed by atoms with Crippen molar-refractivity contribution in [3.8, 4) is 0 Å². The summed E-state index contributed by atoms with van der Waals surface area (Å²) in [5.41, 5.74) is 0.0560. The number of aliphatic hydroxyl groups is 4. The van der Waals surface area contributed by atoms with Gasteiger partial charge in [-0.15, -0.1) is 0 Å². The average Bonchev–Trinajstić information content (AvgIpc) is 3.62. The van der Waals surface area contributed by atoms with Crippen molar-refractivity contribution in [2.75, 3.05) is 20.8 Å². The molecule has 6 heterocycles. The third-order valence-electron chi connectivity index (χ3n) is 15.9. The van der Waals surface area contributed by atoms with E-state index in [1.807, 2.05) is 26.0 Å². The third kappa shape index (κ3) is 10.2. The molecule has 0 aromatic heterocycles. The highest BCUT2D eigenvalue weighted by molar-refractivity contribution is 5.78. The Hall–Kier alpha value is -2.09. The summed E-state index contributed by atoms with van der Waals surface area (Å²) in [5, 5.41) is 46.0. The van der Waals surface area contributed by atoms with E-state index >= 15 is 0 Å². The summed E-state index contributed by atoms with van der Waals surface area (Å²) in [6.45, 7) is 11.6. The zero-order chi connectivity index (χ0) is 46.4. The Balaban J connectivity index is 1.09. The van der Waals surface area contributed by atoms with Gasteiger partial charge in [-0.05, 0) is 69.6 Å². The van der Waals surface area contributed by atoms with E-state index in [0.29, 0.717) is 42.7 Å². The molecule has 0 radical (unpaired) electrons. The molecule has 5 saturated heterocycles. The zero-order valence-electron chi connectivity index (χ0n) is 39.6. The van der Waals surface area contributed by atoms with E-state index in [4.69, 9.17) is 47.4 Å². The standard InChI is InChI=1S/C50H76O15/c1-26-13-12-16-33-25-58-47-42(52)28(3)19-36(50(33,47)55)48(54)61-35-20-34(64-49(23-35)24-37(51)29(4)45(65-49)32-14-10-9-11-15-32)18-17-27(2)44(26)62-41-22-39(57-8)46(31(6)60-41)63-40-21-38(56-7)43(53)30(5)59-40/h12-13,16-17,19,26,29-32,34-47,51-53,55H,9-11,14-15,18,20-25H2,1-8H3/b13-12-,27-17-,33-16?/t26-,29-,30-,31-,34+,35-,36-,37?,38-,39-,40-,41-,42+,43-,44-,45?,46-,47+,49-,50+/m0/s1. The van der Waals surface area contributed by atoms with Gasteiger partial charge in [0, 0.05) is 58.2 Å². The van der Waals surface area contributed by atoms with Crippen LogP contribution in [-0.2, 0) is 52.2 Å².